The number of thioether (sulfide) groups is 1. The van der Waals surface area contributed by atoms with Gasteiger partial charge in [0.2, 0.25) is 0 Å². The summed E-state index contributed by atoms with van der Waals surface area (Å²) in [5, 5.41) is 17.6. The van der Waals surface area contributed by atoms with Gasteiger partial charge in [-0.1, -0.05) is 30.3 Å². The number of imide groups is 1. The predicted molar refractivity (Wildman–Crippen MR) is 93.8 cm³/mol. The minimum absolute atomic E-state index is 0.0686. The molecule has 2 amide bonds. The molecule has 1 saturated heterocycles. The Labute approximate surface area is 148 Å². The number of rotatable bonds is 3. The van der Waals surface area contributed by atoms with Crippen LogP contribution in [0.3, 0.4) is 0 Å². The summed E-state index contributed by atoms with van der Waals surface area (Å²) in [4.78, 5) is 26.2. The van der Waals surface area contributed by atoms with Crippen molar-refractivity contribution in [2.24, 2.45) is 0 Å². The van der Waals surface area contributed by atoms with Gasteiger partial charge in [0, 0.05) is 0 Å². The first-order valence-corrected chi connectivity index (χ1v) is 8.17. The number of carbonyl (C=O) groups is 2. The molecule has 1 aliphatic rings. The zero-order valence-corrected chi connectivity index (χ0v) is 13.8. The van der Waals surface area contributed by atoms with E-state index < -0.39 is 0 Å². The van der Waals surface area contributed by atoms with Gasteiger partial charge in [-0.25, -0.2) is 0 Å². The van der Waals surface area contributed by atoms with Crippen LogP contribution in [0.25, 0.3) is 6.08 Å². The lowest BCUT2D eigenvalue weighted by Gasteiger charge is -2.13. The monoisotopic (exact) mass is 345 g/mol. The first-order valence-electron chi connectivity index (χ1n) is 7.36. The molecule has 2 aromatic rings. The summed E-state index contributed by atoms with van der Waals surface area (Å²) in [5.41, 5.74) is 2.34. The van der Waals surface area contributed by atoms with Crippen molar-refractivity contribution in [3.8, 4) is 12.1 Å². The molecule has 0 bridgehead atoms. The molecule has 0 N–H and O–H groups in total. The number of hydrogen-bond donors (Lipinski definition) is 0. The van der Waals surface area contributed by atoms with Crippen molar-refractivity contribution in [1.82, 2.24) is 4.90 Å². The van der Waals surface area contributed by atoms with Gasteiger partial charge in [-0.3, -0.25) is 14.5 Å². The molecule has 0 spiro atoms. The lowest BCUT2D eigenvalue weighted by atomic mass is 10.1. The first kappa shape index (κ1) is 16.5. The Morgan fingerprint density at radius 1 is 1.00 bits per heavy atom. The number of nitrogens with zero attached hydrogens (tertiary/aromatic N) is 3. The van der Waals surface area contributed by atoms with Gasteiger partial charge >= 0.3 is 0 Å². The zero-order chi connectivity index (χ0) is 17.8. The second kappa shape index (κ2) is 7.04. The van der Waals surface area contributed by atoms with Crippen LogP contribution >= 0.6 is 11.8 Å². The summed E-state index contributed by atoms with van der Waals surface area (Å²) in [6.07, 6.45) is 1.63. The quantitative estimate of drug-likeness (QED) is 0.792. The second-order valence-corrected chi connectivity index (χ2v) is 6.26. The molecule has 1 heterocycles. The first-order chi connectivity index (χ1) is 12.1. The number of hydrogen-bond acceptors (Lipinski definition) is 5. The largest absolute Gasteiger partial charge is 0.293 e. The molecule has 0 saturated carbocycles. The predicted octanol–water partition coefficient (Wildman–Crippen LogP) is 3.67. The molecule has 0 unspecified atom stereocenters. The molecule has 0 atom stereocenters. The van der Waals surface area contributed by atoms with Gasteiger partial charge in [-0.15, -0.1) is 0 Å². The molecule has 0 radical (unpaired) electrons. The maximum Gasteiger partial charge on any atom is 0.293 e. The molecule has 6 heteroatoms. The molecule has 25 heavy (non-hydrogen) atoms. The van der Waals surface area contributed by atoms with Gasteiger partial charge in [-0.05, 0) is 47.2 Å². The molecule has 2 aromatic carbocycles. The molecule has 0 aromatic heterocycles. The van der Waals surface area contributed by atoms with E-state index in [9.17, 15) is 9.59 Å². The molecule has 3 rings (SSSR count). The van der Waals surface area contributed by atoms with Crippen LogP contribution < -0.4 is 0 Å². The van der Waals surface area contributed by atoms with Crippen molar-refractivity contribution in [3.05, 3.63) is 75.7 Å². The highest BCUT2D eigenvalue weighted by Gasteiger charge is 2.35. The van der Waals surface area contributed by atoms with E-state index in [2.05, 4.69) is 6.07 Å². The number of nitriles is 2. The zero-order valence-electron chi connectivity index (χ0n) is 13.0. The fourth-order valence-corrected chi connectivity index (χ4v) is 3.22. The third-order valence-corrected chi connectivity index (χ3v) is 4.58. The average molecular weight is 345 g/mol. The van der Waals surface area contributed by atoms with Crippen LogP contribution in [0.15, 0.2) is 53.4 Å². The van der Waals surface area contributed by atoms with E-state index in [-0.39, 0.29) is 17.7 Å². The topological polar surface area (TPSA) is 85.0 Å². The lowest BCUT2D eigenvalue weighted by Crippen LogP contribution is -2.27. The van der Waals surface area contributed by atoms with E-state index in [1.54, 1.807) is 54.6 Å². The smallest absolute Gasteiger partial charge is 0.268 e. The summed E-state index contributed by atoms with van der Waals surface area (Å²) in [6, 6.07) is 17.7. The number of carbonyl (C=O) groups excluding carboxylic acids is 2. The van der Waals surface area contributed by atoms with E-state index in [4.69, 9.17) is 10.5 Å². The van der Waals surface area contributed by atoms with Crippen LogP contribution in [0.5, 0.6) is 0 Å². The Balaban J connectivity index is 1.83. The van der Waals surface area contributed by atoms with Crippen molar-refractivity contribution >= 4 is 29.0 Å². The van der Waals surface area contributed by atoms with Crippen LogP contribution in [0.4, 0.5) is 4.79 Å². The van der Waals surface area contributed by atoms with Gasteiger partial charge in [0.05, 0.1) is 34.7 Å². The summed E-state index contributed by atoms with van der Waals surface area (Å²) in [7, 11) is 0. The van der Waals surface area contributed by atoms with Crippen molar-refractivity contribution in [1.29, 1.82) is 10.5 Å². The molecular weight excluding hydrogens is 334 g/mol. The molecule has 120 valence electrons. The van der Waals surface area contributed by atoms with Crippen LogP contribution in [0, 0.1) is 22.7 Å². The van der Waals surface area contributed by atoms with Crippen LogP contribution in [-0.4, -0.2) is 16.0 Å². The molecular formula is C19H11N3O2S. The molecule has 1 aliphatic heterocycles. The second-order valence-electron chi connectivity index (χ2n) is 5.27. The Morgan fingerprint density at radius 3 is 2.40 bits per heavy atom. The van der Waals surface area contributed by atoms with Crippen LogP contribution in [0.1, 0.15) is 22.3 Å². The van der Waals surface area contributed by atoms with E-state index >= 15 is 0 Å². The Morgan fingerprint density at radius 2 is 1.72 bits per heavy atom. The molecule has 5 nitrogen and oxygen atoms in total. The Kier molecular flexibility index (Phi) is 4.65. The Hall–Kier alpha value is -3.35. The van der Waals surface area contributed by atoms with E-state index in [0.717, 1.165) is 22.2 Å². The van der Waals surface area contributed by atoms with Crippen molar-refractivity contribution < 1.29 is 9.59 Å². The van der Waals surface area contributed by atoms with E-state index in [1.165, 1.54) is 0 Å². The number of benzene rings is 2. The van der Waals surface area contributed by atoms with Crippen molar-refractivity contribution in [3.63, 3.8) is 0 Å². The summed E-state index contributed by atoms with van der Waals surface area (Å²) in [6.45, 7) is 0.0686. The highest BCUT2D eigenvalue weighted by atomic mass is 32.2. The van der Waals surface area contributed by atoms with Crippen LogP contribution in [-0.2, 0) is 11.3 Å². The maximum absolute atomic E-state index is 12.5. The molecule has 1 fully saturated rings. The minimum atomic E-state index is -0.382. The lowest BCUT2D eigenvalue weighted by molar-refractivity contribution is -0.123. The van der Waals surface area contributed by atoms with Gasteiger partial charge in [0.25, 0.3) is 11.1 Å². The standard InChI is InChI=1S/C19H11N3O2S/c20-10-14-7-5-13(6-8-14)9-17-18(23)22(19(24)25-17)12-16-4-2-1-3-15(16)11-21/h1-9H,12H2/b17-9+. The summed E-state index contributed by atoms with van der Waals surface area (Å²) >= 11 is 0.870. The van der Waals surface area contributed by atoms with Gasteiger partial charge < -0.3 is 0 Å². The van der Waals surface area contributed by atoms with Crippen molar-refractivity contribution in [2.75, 3.05) is 0 Å². The fourth-order valence-electron chi connectivity index (χ4n) is 2.38. The van der Waals surface area contributed by atoms with E-state index in [1.807, 2.05) is 6.07 Å². The molecule has 0 aliphatic carbocycles. The highest BCUT2D eigenvalue weighted by Crippen LogP contribution is 2.33. The maximum atomic E-state index is 12.5. The van der Waals surface area contributed by atoms with Gasteiger partial charge in [-0.2, -0.15) is 10.5 Å². The third kappa shape index (κ3) is 3.45. The third-order valence-electron chi connectivity index (χ3n) is 3.68. The average Bonchev–Trinajstić information content (AvgIpc) is 2.90. The van der Waals surface area contributed by atoms with Crippen LogP contribution in [0.2, 0.25) is 0 Å². The Bertz CT molecular complexity index is 965. The SMILES string of the molecule is N#Cc1ccc(/C=C2/SC(=O)N(Cc3ccccc3C#N)C2=O)cc1. The van der Waals surface area contributed by atoms with Crippen molar-refractivity contribution in [2.45, 2.75) is 6.54 Å². The minimum Gasteiger partial charge on any atom is -0.268 e. The fraction of sp³-hybridized carbons (Fsp3) is 0.0526. The number of amides is 2. The van der Waals surface area contributed by atoms with Gasteiger partial charge in [0.15, 0.2) is 0 Å². The van der Waals surface area contributed by atoms with Gasteiger partial charge in [0.1, 0.15) is 0 Å². The highest BCUT2D eigenvalue weighted by molar-refractivity contribution is 8.18. The summed E-state index contributed by atoms with van der Waals surface area (Å²) < 4.78 is 0. The normalized spacial score (nSPS) is 15.3. The summed E-state index contributed by atoms with van der Waals surface area (Å²) in [5.74, 6) is -0.382. The van der Waals surface area contributed by atoms with E-state index in [0.29, 0.717) is 21.6 Å².